The molecule has 7 heteroatoms. The van der Waals surface area contributed by atoms with Crippen molar-refractivity contribution in [3.8, 4) is 0 Å². The summed E-state index contributed by atoms with van der Waals surface area (Å²) in [5, 5.41) is 0. The molecule has 0 bridgehead atoms. The van der Waals surface area contributed by atoms with Gasteiger partial charge in [0.2, 0.25) is 0 Å². The summed E-state index contributed by atoms with van der Waals surface area (Å²) in [6, 6.07) is 88.5. The number of benzene rings is 8. The third kappa shape index (κ3) is 14.6. The van der Waals surface area contributed by atoms with Crippen molar-refractivity contribution in [2.45, 2.75) is 0 Å². The van der Waals surface area contributed by atoms with E-state index in [1.165, 1.54) is 34.8 Å². The third-order valence-corrected chi connectivity index (χ3v) is 32.7. The Morgan fingerprint density at radius 1 is 0.220 bits per heavy atom. The van der Waals surface area contributed by atoms with Crippen molar-refractivity contribution in [2.24, 2.45) is 0 Å². The van der Waals surface area contributed by atoms with Crippen LogP contribution in [0, 0.1) is 0 Å². The van der Waals surface area contributed by atoms with E-state index in [0.717, 1.165) is 0 Å². The average Bonchev–Trinajstić information content (AvgIpc) is 3.32. The van der Waals surface area contributed by atoms with Gasteiger partial charge in [0.15, 0.2) is 0 Å². The summed E-state index contributed by atoms with van der Waals surface area (Å²) in [6.07, 6.45) is 0. The monoisotopic (exact) mass is 1230 g/mol. The second kappa shape index (κ2) is 26.4. The van der Waals surface area contributed by atoms with E-state index in [2.05, 4.69) is 289 Å². The maximum absolute atomic E-state index is 3.13. The first-order valence-electron chi connectivity index (χ1n) is 19.4. The van der Waals surface area contributed by atoms with Crippen molar-refractivity contribution in [3.05, 3.63) is 262 Å². The fourth-order valence-corrected chi connectivity index (χ4v) is 30.7. The molecule has 0 aliphatic carbocycles. The van der Waals surface area contributed by atoms with Gasteiger partial charge >= 0.3 is 396 Å². The normalized spacial score (nSPS) is 11.2. The van der Waals surface area contributed by atoms with Gasteiger partial charge in [0, 0.05) is 0 Å². The Kier molecular flexibility index (Phi) is 20.4. The quantitative estimate of drug-likeness (QED) is 0.115. The Bertz CT molecular complexity index is 1880. The van der Waals surface area contributed by atoms with Crippen LogP contribution in [0.1, 0.15) is 0 Å². The molecule has 0 fully saturated rings. The Labute approximate surface area is 391 Å². The first kappa shape index (κ1) is 45.6. The molecule has 0 aromatic heterocycles. The SMILES string of the molecule is C(=C[AsH](c1ccccc1)c1ccccc1)[AsH](c1ccccc1)c1ccccc1.C(=C[AsH](c1ccccc1)c1ccccc1)[AsH](c1ccccc1)c1ccccc1.[Br][Rh+][Br]. The van der Waals surface area contributed by atoms with E-state index >= 15 is 0 Å². The van der Waals surface area contributed by atoms with E-state index in [1.54, 1.807) is 0 Å². The van der Waals surface area contributed by atoms with Crippen molar-refractivity contribution < 1.29 is 13.2 Å². The summed E-state index contributed by atoms with van der Waals surface area (Å²) in [5.41, 5.74) is 0. The van der Waals surface area contributed by atoms with E-state index in [0.29, 0.717) is 13.2 Å². The molecular weight excluding hydrogens is 1190 g/mol. The number of halogens is 2. The molecule has 298 valence electrons. The number of hydrogen-bond acceptors (Lipinski definition) is 0. The second-order valence-electron chi connectivity index (χ2n) is 13.3. The number of hydrogen-bond donors (Lipinski definition) is 0. The van der Waals surface area contributed by atoms with E-state index < -0.39 is 58.6 Å². The third-order valence-electron chi connectivity index (χ3n) is 9.51. The molecule has 59 heavy (non-hydrogen) atoms. The van der Waals surface area contributed by atoms with Crippen LogP contribution in [0.3, 0.4) is 0 Å². The summed E-state index contributed by atoms with van der Waals surface area (Å²) in [4.78, 5) is 10.4. The molecule has 0 aliphatic rings. The fourth-order valence-electron chi connectivity index (χ4n) is 6.71. The van der Waals surface area contributed by atoms with Gasteiger partial charge in [0.25, 0.3) is 0 Å². The molecule has 8 aromatic rings. The molecule has 0 saturated carbocycles. The molecule has 0 amide bonds. The predicted octanol–water partition coefficient (Wildman–Crippen LogP) is 7.10. The summed E-state index contributed by atoms with van der Waals surface area (Å²) in [5.74, 6) is 0. The van der Waals surface area contributed by atoms with Gasteiger partial charge in [0.05, 0.1) is 0 Å². The van der Waals surface area contributed by atoms with Crippen LogP contribution >= 0.6 is 27.2 Å². The number of rotatable bonds is 12. The van der Waals surface area contributed by atoms with Crippen LogP contribution in [0.2, 0.25) is 0 Å². The van der Waals surface area contributed by atoms with Gasteiger partial charge in [-0.25, -0.2) is 0 Å². The van der Waals surface area contributed by atoms with Crippen LogP contribution in [0.4, 0.5) is 0 Å². The average molecular weight is 1240 g/mol. The van der Waals surface area contributed by atoms with Crippen LogP contribution in [0.5, 0.6) is 0 Å². The summed E-state index contributed by atoms with van der Waals surface area (Å²) in [7, 11) is 0. The van der Waals surface area contributed by atoms with Crippen molar-refractivity contribution in [1.29, 1.82) is 0 Å². The molecule has 4 radical (unpaired) electrons. The van der Waals surface area contributed by atoms with E-state index in [9.17, 15) is 0 Å². The first-order valence-corrected chi connectivity index (χ1v) is 40.1. The maximum atomic E-state index is 3.13. The Morgan fingerprint density at radius 3 is 0.424 bits per heavy atom. The molecule has 0 unspecified atom stereocenters. The second-order valence-corrected chi connectivity index (χ2v) is 40.3. The minimum atomic E-state index is -1.73. The zero-order valence-electron chi connectivity index (χ0n) is 32.5. The molecule has 8 rings (SSSR count). The summed E-state index contributed by atoms with van der Waals surface area (Å²) in [6.45, 7) is 0. The van der Waals surface area contributed by atoms with Crippen molar-refractivity contribution in [3.63, 3.8) is 0 Å². The minimum absolute atomic E-state index is 0.455. The summed E-state index contributed by atoms with van der Waals surface area (Å²) < 4.78 is 12.0. The van der Waals surface area contributed by atoms with E-state index in [1.807, 2.05) is 0 Å². The van der Waals surface area contributed by atoms with E-state index in [4.69, 9.17) is 0 Å². The Morgan fingerprint density at radius 2 is 0.322 bits per heavy atom. The van der Waals surface area contributed by atoms with Gasteiger partial charge in [-0.3, -0.25) is 0 Å². The van der Waals surface area contributed by atoms with Crippen LogP contribution in [-0.4, -0.2) is 58.6 Å². The van der Waals surface area contributed by atoms with Crippen molar-refractivity contribution >= 4 is 121 Å². The molecule has 0 aliphatic heterocycles. The zero-order valence-corrected chi connectivity index (χ0v) is 45.7. The Hall–Kier alpha value is -2.94. The van der Waals surface area contributed by atoms with Crippen LogP contribution in [0.25, 0.3) is 0 Å². The molecule has 0 atom stereocenters. The van der Waals surface area contributed by atoms with Crippen molar-refractivity contribution in [2.75, 3.05) is 0 Å². The summed E-state index contributed by atoms with van der Waals surface area (Å²) >= 11 is -0.184. The van der Waals surface area contributed by atoms with Gasteiger partial charge in [0.1, 0.15) is 0 Å². The molecule has 0 heterocycles. The molecule has 0 saturated heterocycles. The van der Waals surface area contributed by atoms with Crippen molar-refractivity contribution in [1.82, 2.24) is 0 Å². The Balaban J connectivity index is 0.000000186. The molecule has 8 aromatic carbocycles. The van der Waals surface area contributed by atoms with E-state index in [-0.39, 0.29) is 0 Å². The van der Waals surface area contributed by atoms with Gasteiger partial charge in [-0.1, -0.05) is 0 Å². The van der Waals surface area contributed by atoms with Gasteiger partial charge in [-0.15, -0.1) is 0 Å². The molecule has 0 nitrogen and oxygen atoms in total. The topological polar surface area (TPSA) is 0 Å². The standard InChI is InChI=1S/2C26H24As2.2BrH.Rh/c2*1-5-13-23(14-6-1)27(24-15-7-2-8-16-24)21-22-28(25-17-9-3-10-18-25)26-19-11-4-12-20-26;;;/h2*1-22,27-28H;2*1H;/q;;;;+3/p-2. The zero-order chi connectivity index (χ0) is 40.7. The predicted molar refractivity (Wildman–Crippen MR) is 273 cm³/mol. The molecular formula is C52H48As4Br2Rh+. The van der Waals surface area contributed by atoms with Gasteiger partial charge in [-0.05, 0) is 0 Å². The van der Waals surface area contributed by atoms with Gasteiger partial charge < -0.3 is 0 Å². The first-order chi connectivity index (χ1) is 29.2. The van der Waals surface area contributed by atoms with Crippen LogP contribution in [-0.2, 0) is 13.2 Å². The van der Waals surface area contributed by atoms with Crippen LogP contribution in [0.15, 0.2) is 262 Å². The fraction of sp³-hybridized carbons (Fsp3) is 0. The molecule has 0 spiro atoms. The van der Waals surface area contributed by atoms with Crippen LogP contribution < -0.4 is 34.8 Å². The van der Waals surface area contributed by atoms with Gasteiger partial charge in [-0.2, -0.15) is 0 Å². The molecule has 0 N–H and O–H groups in total.